The molecule has 9 heteroatoms. The van der Waals surface area contributed by atoms with E-state index < -0.39 is 4.92 Å². The molecule has 0 aliphatic heterocycles. The summed E-state index contributed by atoms with van der Waals surface area (Å²) in [5.74, 6) is 0.459. The molecule has 26 heavy (non-hydrogen) atoms. The van der Waals surface area contributed by atoms with Gasteiger partial charge in [0.15, 0.2) is 5.52 Å². The average molecular weight is 393 g/mol. The van der Waals surface area contributed by atoms with Crippen molar-refractivity contribution in [3.63, 3.8) is 0 Å². The molecule has 3 aromatic rings. The molecule has 0 aliphatic rings. The number of anilines is 1. The van der Waals surface area contributed by atoms with Crippen molar-refractivity contribution in [2.24, 2.45) is 0 Å². The van der Waals surface area contributed by atoms with E-state index in [0.29, 0.717) is 23.6 Å². The van der Waals surface area contributed by atoms with Crippen LogP contribution in [0.15, 0.2) is 30.3 Å². The summed E-state index contributed by atoms with van der Waals surface area (Å²) in [7, 11) is 0. The van der Waals surface area contributed by atoms with Crippen molar-refractivity contribution in [2.45, 2.75) is 20.4 Å². The van der Waals surface area contributed by atoms with Crippen LogP contribution in [-0.4, -0.2) is 20.4 Å². The van der Waals surface area contributed by atoms with E-state index in [1.165, 1.54) is 6.92 Å². The number of imidazole rings is 1. The van der Waals surface area contributed by atoms with E-state index in [1.807, 2.05) is 16.7 Å². The predicted octanol–water partition coefficient (Wildman–Crippen LogP) is 4.57. The molecule has 1 N–H and O–H groups in total. The highest BCUT2D eigenvalue weighted by molar-refractivity contribution is 6.44. The van der Waals surface area contributed by atoms with Crippen LogP contribution in [0.5, 0.6) is 0 Å². The lowest BCUT2D eigenvalue weighted by molar-refractivity contribution is -0.383. The largest absolute Gasteiger partial charge is 0.326 e. The van der Waals surface area contributed by atoms with Crippen molar-refractivity contribution >= 4 is 51.5 Å². The SMILES string of the molecule is CC(=O)Nc1ccc(Cn2c(C)nc3c([N+](=O)[O-])c(Cl)c(Cl)cc32)cc1. The fraction of sp³-hybridized carbons (Fsp3) is 0.176. The van der Waals surface area contributed by atoms with Crippen molar-refractivity contribution in [2.75, 3.05) is 5.32 Å². The standard InChI is InChI=1S/C17H14Cl2N4O3/c1-9-20-16-14(7-13(18)15(19)17(16)23(25)26)22(9)8-11-3-5-12(6-4-11)21-10(2)24/h3-7H,8H2,1-2H3,(H,21,24). The Balaban J connectivity index is 2.04. The molecule has 0 atom stereocenters. The van der Waals surface area contributed by atoms with Crippen LogP contribution in [0.4, 0.5) is 11.4 Å². The maximum absolute atomic E-state index is 11.4. The van der Waals surface area contributed by atoms with Gasteiger partial charge in [-0.15, -0.1) is 0 Å². The molecule has 134 valence electrons. The molecule has 0 fully saturated rings. The summed E-state index contributed by atoms with van der Waals surface area (Å²) in [5, 5.41) is 14.1. The molecular formula is C17H14Cl2N4O3. The van der Waals surface area contributed by atoms with Gasteiger partial charge < -0.3 is 9.88 Å². The minimum absolute atomic E-state index is 0.105. The van der Waals surface area contributed by atoms with Crippen LogP contribution in [0.2, 0.25) is 10.0 Å². The number of carbonyl (C=O) groups is 1. The van der Waals surface area contributed by atoms with E-state index in [1.54, 1.807) is 25.1 Å². The number of aromatic nitrogens is 2. The van der Waals surface area contributed by atoms with Crippen LogP contribution in [0.1, 0.15) is 18.3 Å². The average Bonchev–Trinajstić information content (AvgIpc) is 2.85. The molecule has 0 unspecified atom stereocenters. The zero-order valence-electron chi connectivity index (χ0n) is 13.9. The molecular weight excluding hydrogens is 379 g/mol. The Labute approximate surface area is 158 Å². The highest BCUT2D eigenvalue weighted by atomic mass is 35.5. The third kappa shape index (κ3) is 3.36. The van der Waals surface area contributed by atoms with Crippen LogP contribution in [0, 0.1) is 17.0 Å². The van der Waals surface area contributed by atoms with Crippen LogP contribution in [-0.2, 0) is 11.3 Å². The fourth-order valence-electron chi connectivity index (χ4n) is 2.75. The van der Waals surface area contributed by atoms with Crippen LogP contribution in [0.25, 0.3) is 11.0 Å². The van der Waals surface area contributed by atoms with Crippen LogP contribution in [0.3, 0.4) is 0 Å². The van der Waals surface area contributed by atoms with Crippen molar-refractivity contribution < 1.29 is 9.72 Å². The van der Waals surface area contributed by atoms with Crippen LogP contribution >= 0.6 is 23.2 Å². The third-order valence-corrected chi connectivity index (χ3v) is 4.68. The number of fused-ring (bicyclic) bond motifs is 1. The molecule has 0 bridgehead atoms. The summed E-state index contributed by atoms with van der Waals surface area (Å²) in [6.07, 6.45) is 0. The second-order valence-electron chi connectivity index (χ2n) is 5.77. The molecule has 1 aromatic heterocycles. The lowest BCUT2D eigenvalue weighted by Crippen LogP contribution is -2.06. The lowest BCUT2D eigenvalue weighted by Gasteiger charge is -2.09. The summed E-state index contributed by atoms with van der Waals surface area (Å²) in [6.45, 7) is 3.64. The Morgan fingerprint density at radius 1 is 1.31 bits per heavy atom. The highest BCUT2D eigenvalue weighted by Crippen LogP contribution is 2.38. The number of aryl methyl sites for hydroxylation is 1. The Morgan fingerprint density at radius 2 is 1.96 bits per heavy atom. The number of nitro benzene ring substituents is 1. The maximum atomic E-state index is 11.4. The van der Waals surface area contributed by atoms with Gasteiger partial charge in [-0.25, -0.2) is 4.98 Å². The zero-order valence-corrected chi connectivity index (χ0v) is 15.4. The number of halogens is 2. The molecule has 2 aromatic carbocycles. The van der Waals surface area contributed by atoms with Gasteiger partial charge >= 0.3 is 5.69 Å². The number of nitro groups is 1. The Hall–Kier alpha value is -2.64. The van der Waals surface area contributed by atoms with Gasteiger partial charge in [0.1, 0.15) is 10.8 Å². The number of carbonyl (C=O) groups excluding carboxylic acids is 1. The Bertz CT molecular complexity index is 1030. The first kappa shape index (κ1) is 18.2. The molecule has 1 heterocycles. The van der Waals surface area contributed by atoms with E-state index in [0.717, 1.165) is 5.56 Å². The van der Waals surface area contributed by atoms with E-state index in [2.05, 4.69) is 10.3 Å². The van der Waals surface area contributed by atoms with Gasteiger partial charge in [-0.2, -0.15) is 0 Å². The number of hydrogen-bond acceptors (Lipinski definition) is 4. The minimum atomic E-state index is -0.574. The van der Waals surface area contributed by atoms with Gasteiger partial charge in [-0.05, 0) is 30.7 Å². The Morgan fingerprint density at radius 3 is 2.54 bits per heavy atom. The van der Waals surface area contributed by atoms with E-state index in [4.69, 9.17) is 23.2 Å². The number of nitrogens with one attached hydrogen (secondary N) is 1. The van der Waals surface area contributed by atoms with Gasteiger partial charge in [0.25, 0.3) is 0 Å². The van der Waals surface area contributed by atoms with Crippen molar-refractivity contribution in [1.29, 1.82) is 0 Å². The smallest absolute Gasteiger partial charge is 0.317 e. The molecule has 1 amide bonds. The first-order chi connectivity index (χ1) is 12.3. The molecule has 7 nitrogen and oxygen atoms in total. The van der Waals surface area contributed by atoms with E-state index >= 15 is 0 Å². The van der Waals surface area contributed by atoms with Crippen molar-refractivity contribution in [1.82, 2.24) is 9.55 Å². The summed E-state index contributed by atoms with van der Waals surface area (Å²) < 4.78 is 1.83. The van der Waals surface area contributed by atoms with Gasteiger partial charge in [-0.1, -0.05) is 35.3 Å². The molecule has 0 radical (unpaired) electrons. The maximum Gasteiger partial charge on any atom is 0.317 e. The van der Waals surface area contributed by atoms with E-state index in [-0.39, 0.29) is 27.2 Å². The second kappa shape index (κ2) is 6.93. The van der Waals surface area contributed by atoms with Crippen molar-refractivity contribution in [3.8, 4) is 0 Å². The summed E-state index contributed by atoms with van der Waals surface area (Å²) in [5.41, 5.74) is 2.08. The van der Waals surface area contributed by atoms with Gasteiger partial charge in [-0.3, -0.25) is 14.9 Å². The number of nitrogens with zero attached hydrogens (tertiary/aromatic N) is 3. The van der Waals surface area contributed by atoms with E-state index in [9.17, 15) is 14.9 Å². The molecule has 3 rings (SSSR count). The first-order valence-electron chi connectivity index (χ1n) is 7.63. The lowest BCUT2D eigenvalue weighted by atomic mass is 10.2. The van der Waals surface area contributed by atoms with Gasteiger partial charge in [0, 0.05) is 19.2 Å². The zero-order chi connectivity index (χ0) is 19.0. The first-order valence-corrected chi connectivity index (χ1v) is 8.39. The number of hydrogen-bond donors (Lipinski definition) is 1. The summed E-state index contributed by atoms with van der Waals surface area (Å²) in [6, 6.07) is 8.89. The summed E-state index contributed by atoms with van der Waals surface area (Å²) in [4.78, 5) is 26.2. The quantitative estimate of drug-likeness (QED) is 0.520. The fourth-order valence-corrected chi connectivity index (χ4v) is 3.15. The number of amides is 1. The number of benzene rings is 2. The predicted molar refractivity (Wildman–Crippen MR) is 101 cm³/mol. The molecule has 0 saturated heterocycles. The van der Waals surface area contributed by atoms with Crippen molar-refractivity contribution in [3.05, 3.63) is 61.9 Å². The third-order valence-electron chi connectivity index (χ3n) is 3.90. The highest BCUT2D eigenvalue weighted by Gasteiger charge is 2.25. The van der Waals surface area contributed by atoms with Crippen LogP contribution < -0.4 is 5.32 Å². The number of rotatable bonds is 4. The normalized spacial score (nSPS) is 10.9. The van der Waals surface area contributed by atoms with Gasteiger partial charge in [0.2, 0.25) is 5.91 Å². The molecule has 0 saturated carbocycles. The summed E-state index contributed by atoms with van der Waals surface area (Å²) >= 11 is 12.1. The minimum Gasteiger partial charge on any atom is -0.326 e. The Kier molecular flexibility index (Phi) is 4.84. The second-order valence-corrected chi connectivity index (χ2v) is 6.55. The molecule has 0 aliphatic carbocycles. The monoisotopic (exact) mass is 392 g/mol. The topological polar surface area (TPSA) is 90.1 Å². The molecule has 0 spiro atoms. The van der Waals surface area contributed by atoms with Gasteiger partial charge in [0.05, 0.1) is 15.5 Å².